The summed E-state index contributed by atoms with van der Waals surface area (Å²) in [4.78, 5) is 23.9. The lowest BCUT2D eigenvalue weighted by molar-refractivity contribution is -0.133. The highest BCUT2D eigenvalue weighted by atomic mass is 16.2. The van der Waals surface area contributed by atoms with Gasteiger partial charge in [0.2, 0.25) is 5.91 Å². The first-order valence-electron chi connectivity index (χ1n) is 11.3. The summed E-state index contributed by atoms with van der Waals surface area (Å²) in [6.45, 7) is 10.4. The highest BCUT2D eigenvalue weighted by molar-refractivity contribution is 5.84. The molecule has 1 amide bonds. The van der Waals surface area contributed by atoms with Crippen LogP contribution in [0.3, 0.4) is 0 Å². The van der Waals surface area contributed by atoms with Crippen molar-refractivity contribution < 1.29 is 4.79 Å². The number of rotatable bonds is 6. The largest absolute Gasteiger partial charge is 0.340 e. The van der Waals surface area contributed by atoms with Crippen molar-refractivity contribution in [1.82, 2.24) is 19.7 Å². The molecular weight excluding hydrogens is 360 g/mol. The van der Waals surface area contributed by atoms with E-state index < -0.39 is 0 Å². The van der Waals surface area contributed by atoms with Crippen molar-refractivity contribution >= 4 is 16.7 Å². The molecule has 2 saturated heterocycles. The summed E-state index contributed by atoms with van der Waals surface area (Å²) in [6.07, 6.45) is 8.04. The number of aromatic nitrogens is 1. The molecule has 5 heteroatoms. The fourth-order valence-corrected chi connectivity index (χ4v) is 4.80. The smallest absolute Gasteiger partial charge is 0.222 e. The molecule has 0 spiro atoms. The number of carbonyl (C=O) groups excluding carboxylic acids is 1. The molecule has 0 bridgehead atoms. The van der Waals surface area contributed by atoms with Gasteiger partial charge in [-0.15, -0.1) is 0 Å². The SMILES string of the molecule is CCN1CCN(C(=O)CCC2CCN(Cc3cccc4cnccc34)CC2)CC1. The van der Waals surface area contributed by atoms with Crippen molar-refractivity contribution in [3.63, 3.8) is 0 Å². The van der Waals surface area contributed by atoms with Crippen molar-refractivity contribution in [2.45, 2.75) is 39.2 Å². The second-order valence-corrected chi connectivity index (χ2v) is 8.59. The van der Waals surface area contributed by atoms with Crippen LogP contribution in [0.15, 0.2) is 36.7 Å². The molecule has 0 radical (unpaired) electrons. The molecule has 0 atom stereocenters. The molecule has 29 heavy (non-hydrogen) atoms. The molecule has 0 unspecified atom stereocenters. The summed E-state index contributed by atoms with van der Waals surface area (Å²) in [5.41, 5.74) is 1.39. The molecular formula is C24H34N4O. The Morgan fingerprint density at radius 1 is 1.03 bits per heavy atom. The molecule has 3 heterocycles. The number of likely N-dealkylation sites (tertiary alicyclic amines) is 1. The molecule has 2 aromatic rings. The van der Waals surface area contributed by atoms with Crippen LogP contribution in [0.4, 0.5) is 0 Å². The number of benzene rings is 1. The fraction of sp³-hybridized carbons (Fsp3) is 0.583. The fourth-order valence-electron chi connectivity index (χ4n) is 4.80. The number of amides is 1. The molecule has 0 aliphatic carbocycles. The van der Waals surface area contributed by atoms with Crippen molar-refractivity contribution in [1.29, 1.82) is 0 Å². The topological polar surface area (TPSA) is 39.7 Å². The lowest BCUT2D eigenvalue weighted by atomic mass is 9.91. The predicted octanol–water partition coefficient (Wildman–Crippen LogP) is 3.39. The maximum Gasteiger partial charge on any atom is 0.222 e. The van der Waals surface area contributed by atoms with E-state index in [1.807, 2.05) is 12.4 Å². The Bertz CT molecular complexity index is 802. The van der Waals surface area contributed by atoms with Crippen molar-refractivity contribution in [3.05, 3.63) is 42.2 Å². The van der Waals surface area contributed by atoms with E-state index in [1.165, 1.54) is 29.2 Å². The van der Waals surface area contributed by atoms with Gasteiger partial charge < -0.3 is 9.80 Å². The average molecular weight is 395 g/mol. The van der Waals surface area contributed by atoms with E-state index in [2.05, 4.69) is 50.9 Å². The molecule has 2 fully saturated rings. The number of hydrogen-bond donors (Lipinski definition) is 0. The van der Waals surface area contributed by atoms with Crippen LogP contribution in [-0.2, 0) is 11.3 Å². The number of likely N-dealkylation sites (N-methyl/N-ethyl adjacent to an activating group) is 1. The molecule has 1 aromatic carbocycles. The van der Waals surface area contributed by atoms with Gasteiger partial charge in [-0.25, -0.2) is 0 Å². The van der Waals surface area contributed by atoms with Crippen molar-refractivity contribution in [2.24, 2.45) is 5.92 Å². The summed E-state index contributed by atoms with van der Waals surface area (Å²) in [5, 5.41) is 2.54. The summed E-state index contributed by atoms with van der Waals surface area (Å²) < 4.78 is 0. The Morgan fingerprint density at radius 3 is 2.59 bits per heavy atom. The summed E-state index contributed by atoms with van der Waals surface area (Å²) >= 11 is 0. The highest BCUT2D eigenvalue weighted by Crippen LogP contribution is 2.25. The number of nitrogens with zero attached hydrogens (tertiary/aromatic N) is 4. The van der Waals surface area contributed by atoms with Crippen LogP contribution in [0.2, 0.25) is 0 Å². The lowest BCUT2D eigenvalue weighted by Gasteiger charge is -2.35. The highest BCUT2D eigenvalue weighted by Gasteiger charge is 2.23. The number of piperidine rings is 1. The van der Waals surface area contributed by atoms with Crippen LogP contribution in [0.25, 0.3) is 10.8 Å². The third kappa shape index (κ3) is 5.14. The quantitative estimate of drug-likeness (QED) is 0.753. The van der Waals surface area contributed by atoms with Crippen LogP contribution in [0, 0.1) is 5.92 Å². The minimum atomic E-state index is 0.368. The van der Waals surface area contributed by atoms with Gasteiger partial charge in [0.05, 0.1) is 0 Å². The van der Waals surface area contributed by atoms with Gasteiger partial charge in [-0.1, -0.05) is 25.1 Å². The van der Waals surface area contributed by atoms with Gasteiger partial charge in [0.15, 0.2) is 0 Å². The van der Waals surface area contributed by atoms with Gasteiger partial charge in [0, 0.05) is 56.9 Å². The monoisotopic (exact) mass is 394 g/mol. The zero-order chi connectivity index (χ0) is 20.1. The minimum Gasteiger partial charge on any atom is -0.340 e. The van der Waals surface area contributed by atoms with Gasteiger partial charge in [0.25, 0.3) is 0 Å². The van der Waals surface area contributed by atoms with Crippen LogP contribution >= 0.6 is 0 Å². The molecule has 2 aliphatic rings. The average Bonchev–Trinajstić information content (AvgIpc) is 2.79. The molecule has 0 saturated carbocycles. The van der Waals surface area contributed by atoms with E-state index in [4.69, 9.17) is 0 Å². The van der Waals surface area contributed by atoms with Gasteiger partial charge in [-0.3, -0.25) is 14.7 Å². The molecule has 4 rings (SSSR count). The Morgan fingerprint density at radius 2 is 1.83 bits per heavy atom. The summed E-state index contributed by atoms with van der Waals surface area (Å²) in [6, 6.07) is 8.64. The number of fused-ring (bicyclic) bond motifs is 1. The maximum absolute atomic E-state index is 12.6. The minimum absolute atomic E-state index is 0.368. The second-order valence-electron chi connectivity index (χ2n) is 8.59. The summed E-state index contributed by atoms with van der Waals surface area (Å²) in [5.74, 6) is 1.07. The first-order chi connectivity index (χ1) is 14.2. The van der Waals surface area contributed by atoms with Crippen molar-refractivity contribution in [2.75, 3.05) is 45.8 Å². The standard InChI is InChI=1S/C24H34N4O/c1-2-26-14-16-28(17-15-26)24(29)7-6-20-9-12-27(13-10-20)19-22-5-3-4-21-18-25-11-8-23(21)22/h3-5,8,11,18,20H,2,6-7,9-10,12-17,19H2,1H3. The third-order valence-electron chi connectivity index (χ3n) is 6.81. The Kier molecular flexibility index (Phi) is 6.78. The van der Waals surface area contributed by atoms with Crippen LogP contribution in [-0.4, -0.2) is 71.4 Å². The van der Waals surface area contributed by atoms with Gasteiger partial charge >= 0.3 is 0 Å². The van der Waals surface area contributed by atoms with E-state index in [0.29, 0.717) is 11.8 Å². The predicted molar refractivity (Wildman–Crippen MR) is 118 cm³/mol. The normalized spacial score (nSPS) is 19.7. The van der Waals surface area contributed by atoms with E-state index in [0.717, 1.165) is 65.2 Å². The van der Waals surface area contributed by atoms with E-state index in [9.17, 15) is 4.79 Å². The number of carbonyl (C=O) groups is 1. The molecule has 156 valence electrons. The Labute approximate surface area is 174 Å². The molecule has 0 N–H and O–H groups in total. The summed E-state index contributed by atoms with van der Waals surface area (Å²) in [7, 11) is 0. The Balaban J connectivity index is 1.21. The molecule has 1 aromatic heterocycles. The Hall–Kier alpha value is -1.98. The number of pyridine rings is 1. The third-order valence-corrected chi connectivity index (χ3v) is 6.81. The second kappa shape index (κ2) is 9.68. The van der Waals surface area contributed by atoms with Gasteiger partial charge in [0.1, 0.15) is 0 Å². The number of hydrogen-bond acceptors (Lipinski definition) is 4. The lowest BCUT2D eigenvalue weighted by Crippen LogP contribution is -2.48. The van der Waals surface area contributed by atoms with E-state index >= 15 is 0 Å². The van der Waals surface area contributed by atoms with E-state index in [1.54, 1.807) is 0 Å². The zero-order valence-electron chi connectivity index (χ0n) is 17.7. The molecule has 2 aliphatic heterocycles. The van der Waals surface area contributed by atoms with E-state index in [-0.39, 0.29) is 0 Å². The first-order valence-corrected chi connectivity index (χ1v) is 11.3. The number of piperazine rings is 1. The molecule has 5 nitrogen and oxygen atoms in total. The van der Waals surface area contributed by atoms with Crippen LogP contribution in [0.5, 0.6) is 0 Å². The van der Waals surface area contributed by atoms with Gasteiger partial charge in [-0.05, 0) is 61.8 Å². The first kappa shape index (κ1) is 20.3. The van der Waals surface area contributed by atoms with Crippen molar-refractivity contribution in [3.8, 4) is 0 Å². The zero-order valence-corrected chi connectivity index (χ0v) is 17.7. The van der Waals surface area contributed by atoms with Crippen LogP contribution in [0.1, 0.15) is 38.2 Å². The maximum atomic E-state index is 12.6. The van der Waals surface area contributed by atoms with Crippen LogP contribution < -0.4 is 0 Å². The van der Waals surface area contributed by atoms with Gasteiger partial charge in [-0.2, -0.15) is 0 Å².